The second-order valence-corrected chi connectivity index (χ2v) is 6.63. The largest absolute Gasteiger partial charge is 0.496 e. The molecule has 2 aromatic heterocycles. The van der Waals surface area contributed by atoms with Crippen molar-refractivity contribution < 1.29 is 18.5 Å². The number of ether oxygens (including phenoxy) is 2. The maximum atomic E-state index is 12.1. The van der Waals surface area contributed by atoms with Crippen LogP contribution in [0.4, 0.5) is 0 Å². The van der Waals surface area contributed by atoms with Crippen LogP contribution in [0.3, 0.4) is 0 Å². The zero-order valence-corrected chi connectivity index (χ0v) is 14.7. The fourth-order valence-electron chi connectivity index (χ4n) is 2.78. The molecule has 26 heavy (non-hydrogen) atoms. The minimum absolute atomic E-state index is 0.275. The minimum Gasteiger partial charge on any atom is -0.496 e. The molecule has 0 radical (unpaired) electrons. The predicted molar refractivity (Wildman–Crippen MR) is 96.6 cm³/mol. The molecule has 132 valence electrons. The van der Waals surface area contributed by atoms with Crippen molar-refractivity contribution in [1.82, 2.24) is 19.5 Å². The van der Waals surface area contributed by atoms with Crippen LogP contribution in [-0.4, -0.2) is 39.1 Å². The molecule has 0 fully saturated rings. The molecule has 1 aliphatic rings. The first-order valence-electron chi connectivity index (χ1n) is 7.61. The smallest absolute Gasteiger partial charge is 0.258 e. The molecule has 1 amide bonds. The number of aromatic nitrogens is 3. The van der Waals surface area contributed by atoms with E-state index in [0.29, 0.717) is 17.1 Å². The van der Waals surface area contributed by atoms with E-state index in [1.807, 2.05) is 18.2 Å². The molecule has 4 rings (SSSR count). The van der Waals surface area contributed by atoms with Crippen molar-refractivity contribution in [2.75, 3.05) is 14.2 Å². The van der Waals surface area contributed by atoms with E-state index in [2.05, 4.69) is 14.8 Å². The molecular formula is C17H14N4O4S. The number of nitrogens with one attached hydrogen (secondary N) is 1. The topological polar surface area (TPSA) is 95.3 Å². The van der Waals surface area contributed by atoms with Gasteiger partial charge in [0, 0.05) is 18.3 Å². The Kier molecular flexibility index (Phi) is 3.92. The lowest BCUT2D eigenvalue weighted by Gasteiger charge is -2.09. The molecule has 0 saturated carbocycles. The Morgan fingerprint density at radius 1 is 1.15 bits per heavy atom. The summed E-state index contributed by atoms with van der Waals surface area (Å²) in [5.41, 5.74) is 2.40. The van der Waals surface area contributed by atoms with Crippen molar-refractivity contribution in [3.05, 3.63) is 42.7 Å². The lowest BCUT2D eigenvalue weighted by atomic mass is 10.0. The van der Waals surface area contributed by atoms with Crippen LogP contribution >= 0.6 is 0 Å². The van der Waals surface area contributed by atoms with E-state index in [1.54, 1.807) is 32.7 Å². The summed E-state index contributed by atoms with van der Waals surface area (Å²) in [5, 5.41) is 5.30. The van der Waals surface area contributed by atoms with Gasteiger partial charge in [-0.15, -0.1) is 0 Å². The van der Waals surface area contributed by atoms with E-state index in [0.717, 1.165) is 16.5 Å². The summed E-state index contributed by atoms with van der Waals surface area (Å²) in [5.74, 6) is 0.691. The Hall–Kier alpha value is -3.20. The van der Waals surface area contributed by atoms with E-state index in [-0.39, 0.29) is 5.03 Å². The molecule has 0 spiro atoms. The first-order valence-corrected chi connectivity index (χ1v) is 8.76. The molecule has 3 aromatic rings. The average molecular weight is 370 g/mol. The number of hydrogen-bond donors (Lipinski definition) is 1. The lowest BCUT2D eigenvalue weighted by molar-refractivity contribution is -0.114. The van der Waals surface area contributed by atoms with Crippen molar-refractivity contribution in [3.63, 3.8) is 0 Å². The van der Waals surface area contributed by atoms with Crippen molar-refractivity contribution in [2.45, 2.75) is 0 Å². The summed E-state index contributed by atoms with van der Waals surface area (Å²) in [4.78, 5) is 15.6. The SMILES string of the molecule is COc1cc(-c2cc(OC)c3cnn(C4=CC(=O)NS4=O)c3c2)ccn1. The van der Waals surface area contributed by atoms with Gasteiger partial charge in [-0.3, -0.25) is 9.52 Å². The van der Waals surface area contributed by atoms with Crippen LogP contribution in [0.5, 0.6) is 11.6 Å². The van der Waals surface area contributed by atoms with E-state index in [4.69, 9.17) is 9.47 Å². The first kappa shape index (κ1) is 16.3. The maximum Gasteiger partial charge on any atom is 0.258 e. The summed E-state index contributed by atoms with van der Waals surface area (Å²) in [7, 11) is 1.47. The minimum atomic E-state index is -1.65. The number of pyridine rings is 1. The highest BCUT2D eigenvalue weighted by atomic mass is 32.2. The van der Waals surface area contributed by atoms with Crippen LogP contribution in [0.1, 0.15) is 0 Å². The van der Waals surface area contributed by atoms with Crippen LogP contribution in [-0.2, 0) is 15.8 Å². The molecule has 1 atom stereocenters. The van der Waals surface area contributed by atoms with Crippen molar-refractivity contribution >= 4 is 32.8 Å². The fraction of sp³-hybridized carbons (Fsp3) is 0.118. The number of hydrogen-bond acceptors (Lipinski definition) is 6. The van der Waals surface area contributed by atoms with Crippen LogP contribution < -0.4 is 14.2 Å². The zero-order valence-electron chi connectivity index (χ0n) is 13.9. The van der Waals surface area contributed by atoms with Gasteiger partial charge >= 0.3 is 0 Å². The summed E-state index contributed by atoms with van der Waals surface area (Å²) >= 11 is 0. The Labute approximate surface area is 151 Å². The van der Waals surface area contributed by atoms with E-state index < -0.39 is 16.9 Å². The first-order chi connectivity index (χ1) is 12.6. The third-order valence-corrected chi connectivity index (χ3v) is 5.05. The molecule has 0 aliphatic carbocycles. The molecule has 8 nitrogen and oxygen atoms in total. The fourth-order valence-corrected chi connectivity index (χ4v) is 3.65. The standard InChI is InChI=1S/C17H14N4O4S/c1-24-14-6-11(10-3-4-18-16(7-10)25-2)5-13-12(14)9-19-21(13)17-8-15(22)20-26(17)23/h3-9H,1-2H3,(H,20,22). The molecular weight excluding hydrogens is 356 g/mol. The predicted octanol–water partition coefficient (Wildman–Crippen LogP) is 1.71. The van der Waals surface area contributed by atoms with Crippen LogP contribution in [0.25, 0.3) is 27.1 Å². The van der Waals surface area contributed by atoms with Crippen molar-refractivity contribution in [1.29, 1.82) is 0 Å². The lowest BCUT2D eigenvalue weighted by Crippen LogP contribution is -2.17. The number of fused-ring (bicyclic) bond motifs is 1. The van der Waals surface area contributed by atoms with Crippen molar-refractivity contribution in [2.24, 2.45) is 0 Å². The third kappa shape index (κ3) is 2.62. The van der Waals surface area contributed by atoms with Gasteiger partial charge in [0.25, 0.3) is 5.91 Å². The molecule has 1 N–H and O–H groups in total. The average Bonchev–Trinajstić information content (AvgIpc) is 3.23. The number of benzene rings is 1. The Balaban J connectivity index is 1.93. The van der Waals surface area contributed by atoms with Gasteiger partial charge in [-0.2, -0.15) is 5.10 Å². The van der Waals surface area contributed by atoms with Gasteiger partial charge in [-0.25, -0.2) is 13.9 Å². The number of carbonyl (C=O) groups excluding carboxylic acids is 1. The molecule has 0 saturated heterocycles. The van der Waals surface area contributed by atoms with Gasteiger partial charge in [0.2, 0.25) is 5.88 Å². The summed E-state index contributed by atoms with van der Waals surface area (Å²) < 4.78 is 26.6. The number of methoxy groups -OCH3 is 2. The van der Waals surface area contributed by atoms with Gasteiger partial charge in [-0.1, -0.05) is 0 Å². The Morgan fingerprint density at radius 2 is 2.00 bits per heavy atom. The zero-order chi connectivity index (χ0) is 18.3. The molecule has 1 aromatic carbocycles. The molecule has 1 unspecified atom stereocenters. The number of rotatable bonds is 4. The Morgan fingerprint density at radius 3 is 2.69 bits per heavy atom. The monoisotopic (exact) mass is 370 g/mol. The summed E-state index contributed by atoms with van der Waals surface area (Å²) in [6.45, 7) is 0. The molecule has 9 heteroatoms. The Bertz CT molecular complexity index is 1090. The second-order valence-electron chi connectivity index (χ2n) is 5.47. The van der Waals surface area contributed by atoms with Crippen LogP contribution in [0, 0.1) is 0 Å². The molecule has 1 aliphatic heterocycles. The van der Waals surface area contributed by atoms with Gasteiger partial charge < -0.3 is 9.47 Å². The van der Waals surface area contributed by atoms with Crippen LogP contribution in [0.15, 0.2) is 42.7 Å². The number of carbonyl (C=O) groups is 1. The molecule has 0 bridgehead atoms. The highest BCUT2D eigenvalue weighted by Gasteiger charge is 2.24. The van der Waals surface area contributed by atoms with Gasteiger partial charge in [0.1, 0.15) is 5.75 Å². The van der Waals surface area contributed by atoms with Crippen molar-refractivity contribution in [3.8, 4) is 22.8 Å². The number of amides is 1. The molecule has 3 heterocycles. The summed E-state index contributed by atoms with van der Waals surface area (Å²) in [6.07, 6.45) is 4.54. The maximum absolute atomic E-state index is 12.1. The highest BCUT2D eigenvalue weighted by molar-refractivity contribution is 7.93. The van der Waals surface area contributed by atoms with Gasteiger partial charge in [-0.05, 0) is 29.3 Å². The third-order valence-electron chi connectivity index (χ3n) is 3.99. The second kappa shape index (κ2) is 6.26. The number of nitrogens with zero attached hydrogens (tertiary/aromatic N) is 3. The van der Waals surface area contributed by atoms with E-state index in [1.165, 1.54) is 10.8 Å². The van der Waals surface area contributed by atoms with E-state index in [9.17, 15) is 9.00 Å². The quantitative estimate of drug-likeness (QED) is 0.751. The van der Waals surface area contributed by atoms with Crippen LogP contribution in [0.2, 0.25) is 0 Å². The van der Waals surface area contributed by atoms with E-state index >= 15 is 0 Å². The van der Waals surface area contributed by atoms with Gasteiger partial charge in [0.05, 0.1) is 31.3 Å². The van der Waals surface area contributed by atoms with Gasteiger partial charge in [0.15, 0.2) is 16.0 Å². The normalized spacial score (nSPS) is 16.5. The highest BCUT2D eigenvalue weighted by Crippen LogP contribution is 2.34. The summed E-state index contributed by atoms with van der Waals surface area (Å²) in [6, 6.07) is 7.42.